The van der Waals surface area contributed by atoms with Crippen molar-refractivity contribution >= 4 is 5.91 Å². The van der Waals surface area contributed by atoms with Crippen molar-refractivity contribution in [2.24, 2.45) is 5.92 Å². The smallest absolute Gasteiger partial charge is 0.257 e. The van der Waals surface area contributed by atoms with Crippen molar-refractivity contribution in [2.45, 2.75) is 44.4 Å². The van der Waals surface area contributed by atoms with Crippen LogP contribution in [0.25, 0.3) is 11.5 Å². The van der Waals surface area contributed by atoms with Gasteiger partial charge in [-0.15, -0.1) is 0 Å². The van der Waals surface area contributed by atoms with Crippen LogP contribution in [0.15, 0.2) is 45.5 Å². The average molecular weight is 409 g/mol. The lowest BCUT2D eigenvalue weighted by Crippen LogP contribution is -2.46. The molecule has 2 aromatic heterocycles. The number of amides is 1. The Kier molecular flexibility index (Phi) is 4.68. The highest BCUT2D eigenvalue weighted by Crippen LogP contribution is 2.47. The third-order valence-corrected chi connectivity index (χ3v) is 6.46. The summed E-state index contributed by atoms with van der Waals surface area (Å²) in [5.74, 6) is 2.18. The zero-order valence-electron chi connectivity index (χ0n) is 16.9. The van der Waals surface area contributed by atoms with Crippen molar-refractivity contribution < 1.29 is 18.1 Å². The normalized spacial score (nSPS) is 18.5. The highest BCUT2D eigenvalue weighted by atomic mass is 19.1. The molecule has 1 saturated carbocycles. The molecule has 1 aromatic carbocycles. The molecule has 0 spiro atoms. The fourth-order valence-electron chi connectivity index (χ4n) is 4.46. The lowest BCUT2D eigenvalue weighted by molar-refractivity contribution is 0.0644. The Morgan fingerprint density at radius 1 is 1.20 bits per heavy atom. The van der Waals surface area contributed by atoms with E-state index in [1.165, 1.54) is 25.0 Å². The first kappa shape index (κ1) is 19.0. The van der Waals surface area contributed by atoms with Crippen molar-refractivity contribution in [3.8, 4) is 11.5 Å². The Bertz CT molecular complexity index is 1040. The van der Waals surface area contributed by atoms with Crippen LogP contribution in [0.1, 0.15) is 54.0 Å². The van der Waals surface area contributed by atoms with Gasteiger partial charge < -0.3 is 13.8 Å². The minimum atomic E-state index is -0.298. The summed E-state index contributed by atoms with van der Waals surface area (Å²) in [6.45, 7) is 3.11. The van der Waals surface area contributed by atoms with Crippen LogP contribution < -0.4 is 0 Å². The summed E-state index contributed by atoms with van der Waals surface area (Å²) in [5, 5.41) is 4.33. The first-order valence-corrected chi connectivity index (χ1v) is 10.5. The zero-order valence-corrected chi connectivity index (χ0v) is 16.9. The molecule has 0 atom stereocenters. The van der Waals surface area contributed by atoms with Gasteiger partial charge in [-0.05, 0) is 62.4 Å². The minimum Gasteiger partial charge on any atom is -0.469 e. The Balaban J connectivity index is 1.37. The first-order valence-electron chi connectivity index (χ1n) is 10.5. The number of benzene rings is 1. The van der Waals surface area contributed by atoms with Gasteiger partial charge >= 0.3 is 0 Å². The summed E-state index contributed by atoms with van der Waals surface area (Å²) < 4.78 is 24.1. The molecule has 2 aliphatic rings. The molecule has 1 saturated heterocycles. The molecule has 1 aliphatic carbocycles. The van der Waals surface area contributed by atoms with Gasteiger partial charge in [0.05, 0.1) is 11.8 Å². The van der Waals surface area contributed by atoms with E-state index in [0.717, 1.165) is 19.3 Å². The molecule has 0 unspecified atom stereocenters. The van der Waals surface area contributed by atoms with Crippen molar-refractivity contribution in [2.75, 3.05) is 13.1 Å². The highest BCUT2D eigenvalue weighted by Gasteiger charge is 2.45. The Hall–Kier alpha value is -2.96. The lowest BCUT2D eigenvalue weighted by atomic mass is 9.73. The van der Waals surface area contributed by atoms with Gasteiger partial charge in [-0.3, -0.25) is 4.79 Å². The number of hydrogen-bond donors (Lipinski definition) is 0. The molecule has 3 heterocycles. The second kappa shape index (κ2) is 7.38. The van der Waals surface area contributed by atoms with Crippen LogP contribution in [-0.4, -0.2) is 34.0 Å². The number of nitrogens with zero attached hydrogens (tertiary/aromatic N) is 3. The molecule has 1 amide bonds. The maximum absolute atomic E-state index is 13.2. The maximum atomic E-state index is 13.2. The number of aryl methyl sites for hydroxylation is 1. The summed E-state index contributed by atoms with van der Waals surface area (Å²) in [6.07, 6.45) is 6.65. The molecule has 3 aromatic rings. The van der Waals surface area contributed by atoms with Crippen LogP contribution in [-0.2, 0) is 5.41 Å². The number of likely N-dealkylation sites (tertiary alicyclic amines) is 1. The van der Waals surface area contributed by atoms with E-state index in [-0.39, 0.29) is 17.1 Å². The van der Waals surface area contributed by atoms with Gasteiger partial charge in [-0.2, -0.15) is 4.98 Å². The monoisotopic (exact) mass is 409 g/mol. The molecule has 0 N–H and O–H groups in total. The lowest BCUT2D eigenvalue weighted by Gasteiger charge is -2.40. The van der Waals surface area contributed by atoms with Gasteiger partial charge in [-0.25, -0.2) is 4.39 Å². The minimum absolute atomic E-state index is 0.0152. The van der Waals surface area contributed by atoms with Gasteiger partial charge in [0.1, 0.15) is 11.6 Å². The van der Waals surface area contributed by atoms with Gasteiger partial charge in [0, 0.05) is 24.1 Å². The molecule has 5 rings (SSSR count). The number of piperidine rings is 1. The fourth-order valence-corrected chi connectivity index (χ4v) is 4.46. The van der Waals surface area contributed by atoms with Crippen molar-refractivity contribution in [1.29, 1.82) is 0 Å². The van der Waals surface area contributed by atoms with E-state index in [0.29, 0.717) is 47.6 Å². The second-order valence-electron chi connectivity index (χ2n) is 8.54. The van der Waals surface area contributed by atoms with E-state index in [9.17, 15) is 9.18 Å². The first-order chi connectivity index (χ1) is 14.5. The van der Waals surface area contributed by atoms with Crippen LogP contribution in [0.2, 0.25) is 0 Å². The predicted octanol–water partition coefficient (Wildman–Crippen LogP) is 4.75. The number of furan rings is 1. The van der Waals surface area contributed by atoms with E-state index >= 15 is 0 Å². The Morgan fingerprint density at radius 2 is 1.93 bits per heavy atom. The highest BCUT2D eigenvalue weighted by molar-refractivity contribution is 5.95. The number of carbonyl (C=O) groups is 1. The quantitative estimate of drug-likeness (QED) is 0.608. The molecule has 156 valence electrons. The van der Waals surface area contributed by atoms with Crippen molar-refractivity contribution in [3.05, 3.63) is 59.6 Å². The van der Waals surface area contributed by atoms with E-state index < -0.39 is 0 Å². The third kappa shape index (κ3) is 3.53. The molecule has 7 heteroatoms. The summed E-state index contributed by atoms with van der Waals surface area (Å²) >= 11 is 0. The fraction of sp³-hybridized carbons (Fsp3) is 0.435. The predicted molar refractivity (Wildman–Crippen MR) is 107 cm³/mol. The van der Waals surface area contributed by atoms with Crippen LogP contribution in [0, 0.1) is 18.7 Å². The molecule has 0 radical (unpaired) electrons. The van der Waals surface area contributed by atoms with Crippen LogP contribution in [0.3, 0.4) is 0 Å². The van der Waals surface area contributed by atoms with Gasteiger partial charge in [0.2, 0.25) is 0 Å². The number of hydrogen-bond acceptors (Lipinski definition) is 5. The molecule has 6 nitrogen and oxygen atoms in total. The molecule has 30 heavy (non-hydrogen) atoms. The molecule has 1 aliphatic heterocycles. The van der Waals surface area contributed by atoms with Crippen LogP contribution in [0.4, 0.5) is 4.39 Å². The SMILES string of the molecule is Cc1occc1C(=O)N1CCC(CC2CC2)(c2noc(-c3ccc(F)cc3)n2)CC1. The summed E-state index contributed by atoms with van der Waals surface area (Å²) in [4.78, 5) is 19.5. The average Bonchev–Trinajstić information content (AvgIpc) is 3.24. The van der Waals surface area contributed by atoms with Crippen molar-refractivity contribution in [3.63, 3.8) is 0 Å². The summed E-state index contributed by atoms with van der Waals surface area (Å²) in [5.41, 5.74) is 1.15. The van der Waals surface area contributed by atoms with E-state index in [1.807, 2.05) is 11.8 Å². The summed E-state index contributed by atoms with van der Waals surface area (Å²) in [7, 11) is 0. The largest absolute Gasteiger partial charge is 0.469 e. The number of carbonyl (C=O) groups excluding carboxylic acids is 1. The van der Waals surface area contributed by atoms with Crippen molar-refractivity contribution in [1.82, 2.24) is 15.0 Å². The van der Waals surface area contributed by atoms with E-state index in [2.05, 4.69) is 5.16 Å². The summed E-state index contributed by atoms with van der Waals surface area (Å²) in [6, 6.07) is 7.81. The number of aromatic nitrogens is 2. The molecule has 2 fully saturated rings. The topological polar surface area (TPSA) is 72.4 Å². The number of rotatable bonds is 5. The van der Waals surface area contributed by atoms with Crippen LogP contribution >= 0.6 is 0 Å². The van der Waals surface area contributed by atoms with Gasteiger partial charge in [0.25, 0.3) is 11.8 Å². The molecular weight excluding hydrogens is 385 g/mol. The molecule has 0 bridgehead atoms. The number of halogens is 1. The Labute approximate surface area is 174 Å². The van der Waals surface area contributed by atoms with E-state index in [4.69, 9.17) is 13.9 Å². The third-order valence-electron chi connectivity index (χ3n) is 6.46. The van der Waals surface area contributed by atoms with Gasteiger partial charge in [0.15, 0.2) is 5.82 Å². The zero-order chi connectivity index (χ0) is 20.7. The van der Waals surface area contributed by atoms with Gasteiger partial charge in [-0.1, -0.05) is 18.0 Å². The molecular formula is C23H24FN3O3. The standard InChI is InChI=1S/C23H24FN3O3/c1-15-19(8-13-29-15)21(28)27-11-9-23(10-12-27,14-16-2-3-16)22-25-20(30-26-22)17-4-6-18(24)7-5-17/h4-8,13,16H,2-3,9-12,14H2,1H3. The van der Waals surface area contributed by atoms with Crippen LogP contribution in [0.5, 0.6) is 0 Å². The Morgan fingerprint density at radius 3 is 2.57 bits per heavy atom. The van der Waals surface area contributed by atoms with E-state index in [1.54, 1.807) is 24.5 Å². The maximum Gasteiger partial charge on any atom is 0.257 e. The second-order valence-corrected chi connectivity index (χ2v) is 8.54.